The van der Waals surface area contributed by atoms with Gasteiger partial charge >= 0.3 is 0 Å². The van der Waals surface area contributed by atoms with Crippen LogP contribution >= 0.6 is 0 Å². The van der Waals surface area contributed by atoms with E-state index in [2.05, 4.69) is 15.1 Å². The first-order valence-corrected chi connectivity index (χ1v) is 10.9. The van der Waals surface area contributed by atoms with E-state index in [9.17, 15) is 13.2 Å². The third-order valence-corrected chi connectivity index (χ3v) is 6.09. The fourth-order valence-electron chi connectivity index (χ4n) is 3.25. The van der Waals surface area contributed by atoms with Crippen molar-refractivity contribution in [2.24, 2.45) is 7.05 Å². The molecule has 4 rings (SSSR count). The Labute approximate surface area is 179 Å². The summed E-state index contributed by atoms with van der Waals surface area (Å²) in [4.78, 5) is 23.6. The molecule has 0 bridgehead atoms. The lowest BCUT2D eigenvalue weighted by Crippen LogP contribution is -2.22. The number of sulfonamides is 1. The van der Waals surface area contributed by atoms with Gasteiger partial charge in [-0.15, -0.1) is 0 Å². The van der Waals surface area contributed by atoms with Crippen LogP contribution in [0.3, 0.4) is 0 Å². The molecule has 0 aliphatic rings. The average molecular weight is 436 g/mol. The van der Waals surface area contributed by atoms with E-state index >= 15 is 0 Å². The monoisotopic (exact) mass is 436 g/mol. The Kier molecular flexibility index (Phi) is 5.55. The van der Waals surface area contributed by atoms with Crippen molar-refractivity contribution in [3.8, 4) is 11.4 Å². The van der Waals surface area contributed by atoms with Crippen LogP contribution in [0.25, 0.3) is 22.4 Å². The fraction of sp³-hybridized carbons (Fsp3) is 0.0909. The zero-order valence-corrected chi connectivity index (χ0v) is 17.7. The van der Waals surface area contributed by atoms with Gasteiger partial charge < -0.3 is 9.88 Å². The highest BCUT2D eigenvalue weighted by Gasteiger charge is 2.15. The van der Waals surface area contributed by atoms with Gasteiger partial charge in [-0.25, -0.2) is 13.4 Å². The van der Waals surface area contributed by atoms with E-state index in [1.165, 1.54) is 31.4 Å². The number of aryl methyl sites for hydroxylation is 1. The molecule has 158 valence electrons. The lowest BCUT2D eigenvalue weighted by molar-refractivity contribution is 0.102. The van der Waals surface area contributed by atoms with Crippen molar-refractivity contribution in [3.05, 3.63) is 78.4 Å². The van der Waals surface area contributed by atoms with Crippen molar-refractivity contribution < 1.29 is 18.0 Å². The molecule has 8 nitrogen and oxygen atoms in total. The van der Waals surface area contributed by atoms with Gasteiger partial charge in [0, 0.05) is 23.9 Å². The summed E-state index contributed by atoms with van der Waals surface area (Å²) in [7, 11) is -0.594. The zero-order chi connectivity index (χ0) is 22.0. The van der Waals surface area contributed by atoms with Gasteiger partial charge in [0.1, 0.15) is 5.82 Å². The van der Waals surface area contributed by atoms with Gasteiger partial charge in [-0.2, -0.15) is 0 Å². The van der Waals surface area contributed by atoms with E-state index in [0.717, 1.165) is 22.4 Å². The topological polar surface area (TPSA) is 102 Å². The first kappa shape index (κ1) is 20.7. The van der Waals surface area contributed by atoms with Crippen molar-refractivity contribution >= 4 is 32.7 Å². The summed E-state index contributed by atoms with van der Waals surface area (Å²) in [6.45, 7) is 0. The molecule has 31 heavy (non-hydrogen) atoms. The van der Waals surface area contributed by atoms with Crippen LogP contribution < -0.4 is 10.2 Å². The van der Waals surface area contributed by atoms with Crippen LogP contribution in [-0.2, 0) is 21.9 Å². The number of rotatable bonds is 6. The van der Waals surface area contributed by atoms with Crippen LogP contribution in [0.4, 0.5) is 5.69 Å². The van der Waals surface area contributed by atoms with Gasteiger partial charge in [0.05, 0.1) is 23.0 Å². The van der Waals surface area contributed by atoms with Crippen molar-refractivity contribution in [3.63, 3.8) is 0 Å². The van der Waals surface area contributed by atoms with E-state index in [-0.39, 0.29) is 10.8 Å². The van der Waals surface area contributed by atoms with Gasteiger partial charge in [0.15, 0.2) is 0 Å². The minimum absolute atomic E-state index is 0.00212. The lowest BCUT2D eigenvalue weighted by atomic mass is 10.1. The van der Waals surface area contributed by atoms with Crippen LogP contribution in [0.15, 0.2) is 77.7 Å². The molecule has 1 amide bonds. The maximum atomic E-state index is 12.5. The number of imidazole rings is 1. The summed E-state index contributed by atoms with van der Waals surface area (Å²) >= 11 is 0. The predicted molar refractivity (Wildman–Crippen MR) is 118 cm³/mol. The number of para-hydroxylation sites is 2. The number of anilines is 1. The van der Waals surface area contributed by atoms with Crippen molar-refractivity contribution in [1.82, 2.24) is 14.4 Å². The van der Waals surface area contributed by atoms with E-state index in [1.54, 1.807) is 12.1 Å². The average Bonchev–Trinajstić information content (AvgIpc) is 3.11. The number of carbonyl (C=O) groups is 1. The molecule has 1 heterocycles. The molecule has 0 aliphatic heterocycles. The molecule has 0 saturated carbocycles. The second-order valence-corrected chi connectivity index (χ2v) is 8.47. The summed E-state index contributed by atoms with van der Waals surface area (Å²) in [5.41, 5.74) is 3.84. The van der Waals surface area contributed by atoms with Crippen LogP contribution in [0.5, 0.6) is 0 Å². The van der Waals surface area contributed by atoms with Gasteiger partial charge in [0.2, 0.25) is 0 Å². The molecule has 4 aromatic rings. The molecule has 3 aromatic carbocycles. The summed E-state index contributed by atoms with van der Waals surface area (Å²) in [5.74, 6) is 0.486. The summed E-state index contributed by atoms with van der Waals surface area (Å²) in [5, 5.41) is 2.81. The number of nitrogens with zero attached hydrogens (tertiary/aromatic N) is 2. The zero-order valence-electron chi connectivity index (χ0n) is 16.9. The number of benzene rings is 3. The molecular weight excluding hydrogens is 416 g/mol. The molecule has 2 N–H and O–H groups in total. The number of carbonyl (C=O) groups excluding carboxylic acids is 1. The van der Waals surface area contributed by atoms with Gasteiger partial charge in [-0.1, -0.05) is 17.0 Å². The van der Waals surface area contributed by atoms with E-state index in [0.29, 0.717) is 11.3 Å². The number of hydrogen-bond acceptors (Lipinski definition) is 5. The number of hydrogen-bond donors (Lipinski definition) is 2. The Morgan fingerprint density at radius 1 is 0.968 bits per heavy atom. The Hall–Kier alpha value is -3.53. The highest BCUT2D eigenvalue weighted by Crippen LogP contribution is 2.25. The Morgan fingerprint density at radius 2 is 1.65 bits per heavy atom. The minimum atomic E-state index is -3.77. The smallest absolute Gasteiger partial charge is 0.262 e. The highest BCUT2D eigenvalue weighted by atomic mass is 32.2. The van der Waals surface area contributed by atoms with Crippen LogP contribution in [0.2, 0.25) is 0 Å². The Balaban J connectivity index is 1.50. The molecule has 0 atom stereocenters. The molecule has 0 aliphatic carbocycles. The maximum absolute atomic E-state index is 12.5. The van der Waals surface area contributed by atoms with Crippen molar-refractivity contribution in [1.29, 1.82) is 0 Å². The van der Waals surface area contributed by atoms with Crippen LogP contribution in [0, 0.1) is 0 Å². The number of fused-ring (bicyclic) bond motifs is 1. The lowest BCUT2D eigenvalue weighted by Gasteiger charge is -2.08. The second-order valence-electron chi connectivity index (χ2n) is 6.83. The van der Waals surface area contributed by atoms with Crippen LogP contribution in [0.1, 0.15) is 10.4 Å². The molecular formula is C22H20N4O4S. The standard InChI is InChI=1S/C22H20N4O4S/c1-26-20-6-4-3-5-19(20)24-21(26)15-7-11-17(12-8-15)23-22(27)16-9-13-18(14-10-16)31(28,29)25-30-2/h3-14,25H,1-2H3,(H,23,27). The largest absolute Gasteiger partial charge is 0.327 e. The quantitative estimate of drug-likeness (QED) is 0.452. The fourth-order valence-corrected chi connectivity index (χ4v) is 4.06. The molecule has 9 heteroatoms. The SMILES string of the molecule is CONS(=O)(=O)c1ccc(C(=O)Nc2ccc(-c3nc4ccccc4n3C)cc2)cc1. The normalized spacial score (nSPS) is 11.5. The van der Waals surface area contributed by atoms with E-state index in [1.807, 2.05) is 52.9 Å². The summed E-state index contributed by atoms with van der Waals surface area (Å²) in [6, 6.07) is 20.8. The second kappa shape index (κ2) is 8.31. The summed E-state index contributed by atoms with van der Waals surface area (Å²) < 4.78 is 25.8. The molecule has 0 fully saturated rings. The first-order valence-electron chi connectivity index (χ1n) is 9.37. The van der Waals surface area contributed by atoms with Crippen molar-refractivity contribution in [2.45, 2.75) is 4.90 Å². The first-order chi connectivity index (χ1) is 14.9. The molecule has 1 aromatic heterocycles. The number of nitrogens with one attached hydrogen (secondary N) is 2. The van der Waals surface area contributed by atoms with Crippen molar-refractivity contribution in [2.75, 3.05) is 12.4 Å². The third kappa shape index (κ3) is 4.19. The maximum Gasteiger partial charge on any atom is 0.262 e. The highest BCUT2D eigenvalue weighted by molar-refractivity contribution is 7.89. The Bertz CT molecular complexity index is 1340. The van der Waals surface area contributed by atoms with Crippen LogP contribution in [-0.4, -0.2) is 31.0 Å². The van der Waals surface area contributed by atoms with Gasteiger partial charge in [-0.05, 0) is 60.7 Å². The minimum Gasteiger partial charge on any atom is -0.327 e. The van der Waals surface area contributed by atoms with Gasteiger partial charge in [0.25, 0.3) is 15.9 Å². The molecule has 0 spiro atoms. The number of amides is 1. The Morgan fingerprint density at radius 3 is 2.29 bits per heavy atom. The number of aromatic nitrogens is 2. The van der Waals surface area contributed by atoms with E-state index in [4.69, 9.17) is 0 Å². The molecule has 0 unspecified atom stereocenters. The van der Waals surface area contributed by atoms with E-state index < -0.39 is 10.0 Å². The van der Waals surface area contributed by atoms with Gasteiger partial charge in [-0.3, -0.25) is 9.63 Å². The summed E-state index contributed by atoms with van der Waals surface area (Å²) in [6.07, 6.45) is 0. The molecule has 0 radical (unpaired) electrons. The predicted octanol–water partition coefficient (Wildman–Crippen LogP) is 3.33. The third-order valence-electron chi connectivity index (χ3n) is 4.81. The molecule has 0 saturated heterocycles.